The van der Waals surface area contributed by atoms with Crippen LogP contribution in [-0.4, -0.2) is 33.3 Å². The monoisotopic (exact) mass is 361 g/mol. The quantitative estimate of drug-likeness (QED) is 0.675. The molecule has 0 bridgehead atoms. The highest BCUT2D eigenvalue weighted by molar-refractivity contribution is 7.85. The fraction of sp³-hybridized carbons (Fsp3) is 0.389. The van der Waals surface area contributed by atoms with Crippen LogP contribution >= 0.6 is 0 Å². The van der Waals surface area contributed by atoms with Crippen LogP contribution in [0.5, 0.6) is 0 Å². The average molecular weight is 361 g/mol. The molecule has 0 fully saturated rings. The Morgan fingerprint density at radius 3 is 2.60 bits per heavy atom. The van der Waals surface area contributed by atoms with Gasteiger partial charge in [0.15, 0.2) is 0 Å². The van der Waals surface area contributed by atoms with Gasteiger partial charge in [0.25, 0.3) is 10.1 Å². The highest BCUT2D eigenvalue weighted by Gasteiger charge is 2.25. The molecule has 0 aliphatic carbocycles. The molecule has 0 spiro atoms. The first-order valence-electron chi connectivity index (χ1n) is 8.27. The van der Waals surface area contributed by atoms with E-state index >= 15 is 0 Å². The van der Waals surface area contributed by atoms with Gasteiger partial charge in [-0.15, -0.1) is 0 Å². The number of hydrogen-bond acceptors (Lipinski definition) is 3. The topological polar surface area (TPSA) is 77.1 Å². The lowest BCUT2D eigenvalue weighted by atomic mass is 10.0. The van der Waals surface area contributed by atoms with Crippen LogP contribution in [0, 0.1) is 13.8 Å². The van der Waals surface area contributed by atoms with E-state index in [1.165, 1.54) is 33.4 Å². The Labute approximate surface area is 147 Å². The third-order valence-corrected chi connectivity index (χ3v) is 4.52. The van der Waals surface area contributed by atoms with Gasteiger partial charge in [-0.3, -0.25) is 4.55 Å². The first-order chi connectivity index (χ1) is 11.7. The molecular formula is C18H23N3O3S. The standard InChI is InChI=1S/C17H19N3.CH4O3S/c1-4-19-15-6-5-11(2)9-14(15)13-7-8-20-12(3)18-10-16(20)17(13)19;1-5(2,3)4/h5-6,9-10H,4,7-8H2,1-3H3;1H3,(H,2,3,4). The number of imidazole rings is 1. The molecule has 134 valence electrons. The summed E-state index contributed by atoms with van der Waals surface area (Å²) >= 11 is 0. The minimum Gasteiger partial charge on any atom is -0.339 e. The minimum absolute atomic E-state index is 0.715. The Bertz CT molecular complexity index is 1040. The molecule has 1 aliphatic rings. The van der Waals surface area contributed by atoms with Crippen molar-refractivity contribution in [1.82, 2.24) is 14.1 Å². The summed E-state index contributed by atoms with van der Waals surface area (Å²) in [7, 11) is -3.67. The molecule has 6 nitrogen and oxygen atoms in total. The SMILES string of the molecule is CCn1c2c(c3cc(C)ccc31)CCn1c-2cnc1C.CS(=O)(=O)O. The Morgan fingerprint density at radius 1 is 1.28 bits per heavy atom. The Balaban J connectivity index is 0.000000324. The van der Waals surface area contributed by atoms with Gasteiger partial charge in [-0.05, 0) is 44.9 Å². The van der Waals surface area contributed by atoms with E-state index in [4.69, 9.17) is 4.55 Å². The molecule has 1 aromatic carbocycles. The molecule has 3 aromatic rings. The van der Waals surface area contributed by atoms with Crippen LogP contribution in [-0.2, 0) is 29.6 Å². The molecule has 4 rings (SSSR count). The molecule has 1 aliphatic heterocycles. The second-order valence-electron chi connectivity index (χ2n) is 6.42. The van der Waals surface area contributed by atoms with E-state index in [1.807, 2.05) is 6.20 Å². The summed E-state index contributed by atoms with van der Waals surface area (Å²) in [6, 6.07) is 6.81. The number of hydrogen-bond donors (Lipinski definition) is 1. The molecule has 0 unspecified atom stereocenters. The zero-order valence-corrected chi connectivity index (χ0v) is 15.8. The lowest BCUT2D eigenvalue weighted by Gasteiger charge is -2.19. The average Bonchev–Trinajstić information content (AvgIpc) is 3.03. The first kappa shape index (κ1) is 17.7. The van der Waals surface area contributed by atoms with Crippen molar-refractivity contribution in [2.75, 3.05) is 6.26 Å². The van der Waals surface area contributed by atoms with Crippen molar-refractivity contribution in [3.63, 3.8) is 0 Å². The molecule has 0 saturated carbocycles. The van der Waals surface area contributed by atoms with Gasteiger partial charge in [0.05, 0.1) is 23.8 Å². The Kier molecular flexibility index (Phi) is 4.47. The summed E-state index contributed by atoms with van der Waals surface area (Å²) in [5.74, 6) is 1.12. The van der Waals surface area contributed by atoms with Crippen molar-refractivity contribution in [3.8, 4) is 11.4 Å². The molecule has 0 saturated heterocycles. The van der Waals surface area contributed by atoms with Gasteiger partial charge in [0, 0.05) is 24.0 Å². The number of rotatable bonds is 1. The van der Waals surface area contributed by atoms with E-state index in [1.54, 1.807) is 0 Å². The number of aromatic nitrogens is 3. The summed E-state index contributed by atoms with van der Waals surface area (Å²) in [5, 5.41) is 1.42. The van der Waals surface area contributed by atoms with Crippen LogP contribution in [0.2, 0.25) is 0 Å². The highest BCUT2D eigenvalue weighted by Crippen LogP contribution is 2.38. The minimum atomic E-state index is -3.67. The number of benzene rings is 1. The van der Waals surface area contributed by atoms with E-state index in [0.29, 0.717) is 6.26 Å². The fourth-order valence-electron chi connectivity index (χ4n) is 3.58. The number of fused-ring (bicyclic) bond motifs is 5. The lowest BCUT2D eigenvalue weighted by Crippen LogP contribution is -2.13. The normalized spacial score (nSPS) is 13.2. The smallest absolute Gasteiger partial charge is 0.261 e. The van der Waals surface area contributed by atoms with E-state index in [-0.39, 0.29) is 0 Å². The second-order valence-corrected chi connectivity index (χ2v) is 7.88. The van der Waals surface area contributed by atoms with Crippen molar-refractivity contribution in [2.24, 2.45) is 0 Å². The molecule has 3 heterocycles. The molecule has 2 aromatic heterocycles. The van der Waals surface area contributed by atoms with Crippen LogP contribution in [0.3, 0.4) is 0 Å². The van der Waals surface area contributed by atoms with E-state index in [9.17, 15) is 8.42 Å². The van der Waals surface area contributed by atoms with Gasteiger partial charge in [0.1, 0.15) is 5.82 Å². The van der Waals surface area contributed by atoms with Crippen molar-refractivity contribution in [3.05, 3.63) is 41.3 Å². The molecule has 0 atom stereocenters. The Hall–Kier alpha value is -2.12. The van der Waals surface area contributed by atoms with Crippen LogP contribution in [0.1, 0.15) is 23.9 Å². The van der Waals surface area contributed by atoms with Gasteiger partial charge < -0.3 is 9.13 Å². The third-order valence-electron chi connectivity index (χ3n) is 4.52. The van der Waals surface area contributed by atoms with Gasteiger partial charge in [-0.1, -0.05) is 11.6 Å². The Morgan fingerprint density at radius 2 is 1.96 bits per heavy atom. The summed E-state index contributed by atoms with van der Waals surface area (Å²) in [5.41, 5.74) is 6.84. The maximum atomic E-state index is 9.19. The predicted molar refractivity (Wildman–Crippen MR) is 99.5 cm³/mol. The summed E-state index contributed by atoms with van der Waals surface area (Å²) in [6.45, 7) is 8.54. The summed E-state index contributed by atoms with van der Waals surface area (Å²) in [4.78, 5) is 4.51. The predicted octanol–water partition coefficient (Wildman–Crippen LogP) is 3.20. The largest absolute Gasteiger partial charge is 0.339 e. The van der Waals surface area contributed by atoms with Crippen LogP contribution in [0.25, 0.3) is 22.3 Å². The van der Waals surface area contributed by atoms with Crippen LogP contribution < -0.4 is 0 Å². The second kappa shape index (κ2) is 6.31. The summed E-state index contributed by atoms with van der Waals surface area (Å²) < 4.78 is 30.7. The highest BCUT2D eigenvalue weighted by atomic mass is 32.2. The zero-order chi connectivity index (χ0) is 18.4. The maximum Gasteiger partial charge on any atom is 0.261 e. The van der Waals surface area contributed by atoms with E-state index in [2.05, 4.69) is 53.1 Å². The van der Waals surface area contributed by atoms with Crippen molar-refractivity contribution >= 4 is 21.0 Å². The van der Waals surface area contributed by atoms with Gasteiger partial charge in [-0.25, -0.2) is 4.98 Å². The zero-order valence-electron chi connectivity index (χ0n) is 14.9. The maximum absolute atomic E-state index is 9.19. The van der Waals surface area contributed by atoms with E-state index in [0.717, 1.165) is 25.3 Å². The lowest BCUT2D eigenvalue weighted by molar-refractivity contribution is 0.490. The van der Waals surface area contributed by atoms with Crippen LogP contribution in [0.4, 0.5) is 0 Å². The number of aryl methyl sites for hydroxylation is 4. The molecule has 25 heavy (non-hydrogen) atoms. The molecule has 0 amide bonds. The first-order valence-corrected chi connectivity index (χ1v) is 10.1. The van der Waals surface area contributed by atoms with Crippen LogP contribution in [0.15, 0.2) is 24.4 Å². The summed E-state index contributed by atoms with van der Waals surface area (Å²) in [6.07, 6.45) is 3.85. The molecular weight excluding hydrogens is 338 g/mol. The molecule has 7 heteroatoms. The van der Waals surface area contributed by atoms with E-state index < -0.39 is 10.1 Å². The van der Waals surface area contributed by atoms with Crippen molar-refractivity contribution in [2.45, 2.75) is 40.3 Å². The molecule has 1 N–H and O–H groups in total. The van der Waals surface area contributed by atoms with Crippen molar-refractivity contribution in [1.29, 1.82) is 0 Å². The molecule has 0 radical (unpaired) electrons. The van der Waals surface area contributed by atoms with Crippen molar-refractivity contribution < 1.29 is 13.0 Å². The fourth-order valence-corrected chi connectivity index (χ4v) is 3.58. The van der Waals surface area contributed by atoms with Gasteiger partial charge in [-0.2, -0.15) is 8.42 Å². The number of nitrogens with zero attached hydrogens (tertiary/aromatic N) is 3. The van der Waals surface area contributed by atoms with Gasteiger partial charge >= 0.3 is 0 Å². The third kappa shape index (κ3) is 3.34. The van der Waals surface area contributed by atoms with Gasteiger partial charge in [0.2, 0.25) is 0 Å².